The Hall–Kier alpha value is -3.19. The molecule has 7 heteroatoms. The molecule has 29 heavy (non-hydrogen) atoms. The summed E-state index contributed by atoms with van der Waals surface area (Å²) >= 11 is 0. The van der Waals surface area contributed by atoms with Crippen molar-refractivity contribution in [2.45, 2.75) is 32.4 Å². The number of hydrogen-bond donors (Lipinski definition) is 2. The number of hydrogen-bond acceptors (Lipinski definition) is 4. The van der Waals surface area contributed by atoms with E-state index in [-0.39, 0.29) is 29.4 Å². The van der Waals surface area contributed by atoms with Crippen LogP contribution >= 0.6 is 0 Å². The first-order chi connectivity index (χ1) is 14.1. The van der Waals surface area contributed by atoms with Gasteiger partial charge < -0.3 is 15.4 Å². The van der Waals surface area contributed by atoms with Gasteiger partial charge in [-0.25, -0.2) is 4.98 Å². The number of nitrogens with one attached hydrogen (secondary N) is 2. The van der Waals surface area contributed by atoms with Crippen molar-refractivity contribution in [3.8, 4) is 0 Å². The molecule has 2 amide bonds. The van der Waals surface area contributed by atoms with E-state index in [1.807, 2.05) is 37.3 Å². The lowest BCUT2D eigenvalue weighted by Crippen LogP contribution is -2.32. The monoisotopic (exact) mass is 392 g/mol. The van der Waals surface area contributed by atoms with Gasteiger partial charge in [0.1, 0.15) is 0 Å². The van der Waals surface area contributed by atoms with Crippen molar-refractivity contribution in [2.24, 2.45) is 0 Å². The Balaban J connectivity index is 1.51. The summed E-state index contributed by atoms with van der Waals surface area (Å²) in [6, 6.07) is 13.4. The number of fused-ring (bicyclic) bond motifs is 1. The Kier molecular flexibility index (Phi) is 5.57. The molecule has 0 aliphatic carbocycles. The molecule has 2 aromatic heterocycles. The van der Waals surface area contributed by atoms with Gasteiger partial charge >= 0.3 is 0 Å². The number of imidazole rings is 1. The number of benzene rings is 1. The van der Waals surface area contributed by atoms with Crippen molar-refractivity contribution >= 4 is 17.3 Å². The highest BCUT2D eigenvalue weighted by Crippen LogP contribution is 2.15. The fraction of sp³-hybridized carbons (Fsp3) is 0.318. The molecule has 3 aromatic rings. The summed E-state index contributed by atoms with van der Waals surface area (Å²) in [4.78, 5) is 29.8. The molecule has 1 aliphatic rings. The first-order valence-electron chi connectivity index (χ1n) is 9.82. The smallest absolute Gasteiger partial charge is 0.287 e. The number of pyridine rings is 1. The Morgan fingerprint density at radius 3 is 2.86 bits per heavy atom. The van der Waals surface area contributed by atoms with E-state index in [9.17, 15) is 9.59 Å². The third kappa shape index (κ3) is 4.30. The highest BCUT2D eigenvalue weighted by molar-refractivity contribution is 6.02. The van der Waals surface area contributed by atoms with Crippen LogP contribution in [0.25, 0.3) is 5.52 Å². The molecule has 1 fully saturated rings. The van der Waals surface area contributed by atoms with Gasteiger partial charge in [-0.2, -0.15) is 0 Å². The van der Waals surface area contributed by atoms with E-state index >= 15 is 0 Å². The van der Waals surface area contributed by atoms with Gasteiger partial charge in [0.05, 0.1) is 11.6 Å². The highest BCUT2D eigenvalue weighted by atomic mass is 16.5. The van der Waals surface area contributed by atoms with Crippen LogP contribution in [-0.2, 0) is 11.3 Å². The largest absolute Gasteiger partial charge is 0.376 e. The predicted molar refractivity (Wildman–Crippen MR) is 109 cm³/mol. The average molecular weight is 392 g/mol. The summed E-state index contributed by atoms with van der Waals surface area (Å²) < 4.78 is 7.19. The second-order valence-electron chi connectivity index (χ2n) is 7.26. The van der Waals surface area contributed by atoms with E-state index in [4.69, 9.17) is 4.74 Å². The van der Waals surface area contributed by atoms with Crippen molar-refractivity contribution in [3.05, 3.63) is 71.3 Å². The zero-order valence-electron chi connectivity index (χ0n) is 16.4. The van der Waals surface area contributed by atoms with Gasteiger partial charge in [-0.3, -0.25) is 14.0 Å². The number of carbonyl (C=O) groups is 2. The maximum atomic E-state index is 12.8. The first-order valence-corrected chi connectivity index (χ1v) is 9.82. The number of ether oxygens (including phenoxy) is 1. The van der Waals surface area contributed by atoms with Gasteiger partial charge in [-0.15, -0.1) is 0 Å². The minimum atomic E-state index is -0.328. The minimum Gasteiger partial charge on any atom is -0.376 e. The number of rotatable bonds is 6. The van der Waals surface area contributed by atoms with E-state index in [0.29, 0.717) is 18.6 Å². The molecule has 0 bridgehead atoms. The molecule has 1 aliphatic heterocycles. The average Bonchev–Trinajstić information content (AvgIpc) is 3.38. The lowest BCUT2D eigenvalue weighted by molar-refractivity contribution is 0.0855. The van der Waals surface area contributed by atoms with Gasteiger partial charge in [0, 0.05) is 25.9 Å². The van der Waals surface area contributed by atoms with Crippen LogP contribution in [0, 0.1) is 6.92 Å². The van der Waals surface area contributed by atoms with Crippen LogP contribution in [0.1, 0.15) is 45.1 Å². The van der Waals surface area contributed by atoms with Crippen LogP contribution in [0.15, 0.2) is 48.7 Å². The second-order valence-corrected chi connectivity index (χ2v) is 7.26. The fourth-order valence-electron chi connectivity index (χ4n) is 3.54. The van der Waals surface area contributed by atoms with Crippen LogP contribution in [-0.4, -0.2) is 40.5 Å². The maximum absolute atomic E-state index is 12.8. The Morgan fingerprint density at radius 1 is 1.17 bits per heavy atom. The molecule has 0 saturated carbocycles. The summed E-state index contributed by atoms with van der Waals surface area (Å²) in [6.45, 7) is 3.58. The van der Waals surface area contributed by atoms with E-state index in [2.05, 4.69) is 15.6 Å². The molecule has 150 valence electrons. The van der Waals surface area contributed by atoms with Crippen LogP contribution in [0.5, 0.6) is 0 Å². The van der Waals surface area contributed by atoms with Crippen LogP contribution in [0.3, 0.4) is 0 Å². The number of aryl methyl sites for hydroxylation is 1. The van der Waals surface area contributed by atoms with Crippen LogP contribution in [0.2, 0.25) is 0 Å². The molecule has 3 heterocycles. The van der Waals surface area contributed by atoms with Crippen molar-refractivity contribution in [1.82, 2.24) is 20.0 Å². The van der Waals surface area contributed by atoms with Crippen molar-refractivity contribution in [1.29, 1.82) is 0 Å². The van der Waals surface area contributed by atoms with E-state index in [1.165, 1.54) is 0 Å². The minimum absolute atomic E-state index is 0.0462. The van der Waals surface area contributed by atoms with Gasteiger partial charge in [0.25, 0.3) is 11.8 Å². The van der Waals surface area contributed by atoms with E-state index < -0.39 is 0 Å². The molecule has 0 radical (unpaired) electrons. The molecule has 2 N–H and O–H groups in total. The summed E-state index contributed by atoms with van der Waals surface area (Å²) in [7, 11) is 0. The Bertz CT molecular complexity index is 1040. The summed E-state index contributed by atoms with van der Waals surface area (Å²) in [6.07, 6.45) is 3.74. The molecule has 4 rings (SSSR count). The number of nitrogens with zero attached hydrogens (tertiary/aromatic N) is 2. The fourth-order valence-corrected chi connectivity index (χ4v) is 3.54. The van der Waals surface area contributed by atoms with E-state index in [1.54, 1.807) is 22.7 Å². The quantitative estimate of drug-likeness (QED) is 0.675. The van der Waals surface area contributed by atoms with Gasteiger partial charge in [-0.1, -0.05) is 35.9 Å². The van der Waals surface area contributed by atoms with Crippen molar-refractivity contribution < 1.29 is 14.3 Å². The first kappa shape index (κ1) is 19.1. The molecule has 1 saturated heterocycles. The second kappa shape index (κ2) is 8.45. The molecule has 1 unspecified atom stereocenters. The molecule has 1 atom stereocenters. The van der Waals surface area contributed by atoms with Crippen LogP contribution in [0.4, 0.5) is 0 Å². The predicted octanol–water partition coefficient (Wildman–Crippen LogP) is 2.48. The summed E-state index contributed by atoms with van der Waals surface area (Å²) in [5, 5.41) is 5.77. The summed E-state index contributed by atoms with van der Waals surface area (Å²) in [5.74, 6) is -0.441. The topological polar surface area (TPSA) is 84.7 Å². The summed E-state index contributed by atoms with van der Waals surface area (Å²) in [5.41, 5.74) is 2.98. The third-order valence-electron chi connectivity index (χ3n) is 5.02. The molecule has 7 nitrogen and oxygen atoms in total. The molecular formula is C22H24N4O3. The number of amides is 2. The van der Waals surface area contributed by atoms with Crippen LogP contribution < -0.4 is 10.6 Å². The van der Waals surface area contributed by atoms with Gasteiger partial charge in [0.2, 0.25) is 5.82 Å². The SMILES string of the molecule is Cc1cccc(CNC(=O)c2nc(C(=O)NCC3CCCO3)c3ccccn23)c1. The molecular weight excluding hydrogens is 368 g/mol. The third-order valence-corrected chi connectivity index (χ3v) is 5.02. The maximum Gasteiger partial charge on any atom is 0.287 e. The lowest BCUT2D eigenvalue weighted by atomic mass is 10.1. The Morgan fingerprint density at radius 2 is 2.07 bits per heavy atom. The zero-order valence-corrected chi connectivity index (χ0v) is 16.4. The molecule has 1 aromatic carbocycles. The van der Waals surface area contributed by atoms with Gasteiger partial charge in [0.15, 0.2) is 5.69 Å². The number of aromatic nitrogens is 2. The number of carbonyl (C=O) groups excluding carboxylic acids is 2. The van der Waals surface area contributed by atoms with E-state index in [0.717, 1.165) is 30.6 Å². The molecule has 0 spiro atoms. The Labute approximate surface area is 169 Å². The highest BCUT2D eigenvalue weighted by Gasteiger charge is 2.23. The van der Waals surface area contributed by atoms with Gasteiger partial charge in [-0.05, 0) is 37.5 Å². The normalized spacial score (nSPS) is 16.1. The zero-order chi connectivity index (χ0) is 20.2. The van der Waals surface area contributed by atoms with Crippen molar-refractivity contribution in [3.63, 3.8) is 0 Å². The lowest BCUT2D eigenvalue weighted by Gasteiger charge is -2.09. The standard InChI is InChI=1S/C22H24N4O3/c1-15-6-4-7-16(12-15)13-23-22(28)20-25-19(18-9-2-3-10-26(18)20)21(27)24-14-17-8-5-11-29-17/h2-4,6-7,9-10,12,17H,5,8,11,13-14H2,1H3,(H,23,28)(H,24,27). The van der Waals surface area contributed by atoms with Crippen molar-refractivity contribution in [2.75, 3.05) is 13.2 Å².